The van der Waals surface area contributed by atoms with Gasteiger partial charge in [0.2, 0.25) is 15.8 Å². The molecule has 9 heteroatoms. The molecule has 2 rings (SSSR count). The number of benzene rings is 1. The van der Waals surface area contributed by atoms with Crippen molar-refractivity contribution in [2.24, 2.45) is 11.7 Å². The molecule has 1 aromatic rings. The summed E-state index contributed by atoms with van der Waals surface area (Å²) in [5.41, 5.74) is 5.02. The average Bonchev–Trinajstić information content (AvgIpc) is 2.41. The molecule has 21 heavy (non-hydrogen) atoms. The highest BCUT2D eigenvalue weighted by Crippen LogP contribution is 2.26. The van der Waals surface area contributed by atoms with Gasteiger partial charge in [-0.05, 0) is 24.5 Å². The standard InChI is InChI=1S/C12H16FN3O4S/c1-8-4-5-15(7-11(8)14)21(19,20)9-2-3-10(13)12(6-9)16(17)18/h2-3,6,8,11H,4-5,7,14H2,1H3. The van der Waals surface area contributed by atoms with Crippen molar-refractivity contribution < 1.29 is 17.7 Å². The highest BCUT2D eigenvalue weighted by Gasteiger charge is 2.33. The summed E-state index contributed by atoms with van der Waals surface area (Å²) in [6.45, 7) is 2.38. The first-order valence-corrected chi connectivity index (χ1v) is 7.87. The van der Waals surface area contributed by atoms with Crippen LogP contribution in [0.25, 0.3) is 0 Å². The summed E-state index contributed by atoms with van der Waals surface area (Å²) >= 11 is 0. The van der Waals surface area contributed by atoms with Crippen molar-refractivity contribution in [2.45, 2.75) is 24.3 Å². The fraction of sp³-hybridized carbons (Fsp3) is 0.500. The van der Waals surface area contributed by atoms with Crippen LogP contribution in [0.1, 0.15) is 13.3 Å². The Morgan fingerprint density at radius 1 is 1.48 bits per heavy atom. The summed E-state index contributed by atoms with van der Waals surface area (Å²) in [7, 11) is -3.91. The third kappa shape index (κ3) is 3.04. The maximum absolute atomic E-state index is 13.3. The molecule has 0 amide bonds. The second-order valence-corrected chi connectivity index (χ2v) is 7.10. The van der Waals surface area contributed by atoms with Crippen LogP contribution >= 0.6 is 0 Å². The van der Waals surface area contributed by atoms with Crippen molar-refractivity contribution in [1.82, 2.24) is 4.31 Å². The molecule has 2 atom stereocenters. The first kappa shape index (κ1) is 15.8. The zero-order valence-corrected chi connectivity index (χ0v) is 12.2. The molecule has 116 valence electrons. The Balaban J connectivity index is 2.36. The Hall–Kier alpha value is -1.58. The van der Waals surface area contributed by atoms with Gasteiger partial charge in [0.15, 0.2) is 0 Å². The normalized spacial score (nSPS) is 24.0. The Bertz CT molecular complexity index is 664. The minimum absolute atomic E-state index is 0.147. The number of nitrogens with two attached hydrogens (primary N) is 1. The summed E-state index contributed by atoms with van der Waals surface area (Å²) in [5, 5.41) is 10.7. The molecule has 0 bridgehead atoms. The Kier molecular flexibility index (Phi) is 4.26. The number of sulfonamides is 1. The molecule has 0 radical (unpaired) electrons. The monoisotopic (exact) mass is 317 g/mol. The molecule has 1 heterocycles. The largest absolute Gasteiger partial charge is 0.326 e. The van der Waals surface area contributed by atoms with Crippen molar-refractivity contribution in [3.63, 3.8) is 0 Å². The Morgan fingerprint density at radius 3 is 2.71 bits per heavy atom. The number of nitro groups is 1. The van der Waals surface area contributed by atoms with Gasteiger partial charge in [-0.3, -0.25) is 10.1 Å². The Labute approximate surface area is 121 Å². The van der Waals surface area contributed by atoms with Gasteiger partial charge in [0.25, 0.3) is 0 Å². The van der Waals surface area contributed by atoms with Gasteiger partial charge in [-0.1, -0.05) is 6.92 Å². The maximum atomic E-state index is 13.3. The molecule has 1 aromatic carbocycles. The summed E-state index contributed by atoms with van der Waals surface area (Å²) < 4.78 is 39.4. The van der Waals surface area contributed by atoms with Crippen molar-refractivity contribution >= 4 is 15.7 Å². The Morgan fingerprint density at radius 2 is 2.14 bits per heavy atom. The molecule has 0 aromatic heterocycles. The molecule has 1 fully saturated rings. The van der Waals surface area contributed by atoms with Gasteiger partial charge in [-0.2, -0.15) is 8.70 Å². The van der Waals surface area contributed by atoms with Gasteiger partial charge in [0.1, 0.15) is 0 Å². The van der Waals surface area contributed by atoms with E-state index in [4.69, 9.17) is 5.73 Å². The lowest BCUT2D eigenvalue weighted by molar-refractivity contribution is -0.387. The molecule has 1 saturated heterocycles. The predicted octanol–water partition coefficient (Wildman–Crippen LogP) is 1.09. The third-order valence-corrected chi connectivity index (χ3v) is 5.59. The summed E-state index contributed by atoms with van der Waals surface area (Å²) in [6, 6.07) is 2.27. The van der Waals surface area contributed by atoms with Crippen LogP contribution in [0.4, 0.5) is 10.1 Å². The van der Waals surface area contributed by atoms with E-state index >= 15 is 0 Å². The lowest BCUT2D eigenvalue weighted by atomic mass is 9.96. The second kappa shape index (κ2) is 5.66. The molecule has 1 aliphatic rings. The van der Waals surface area contributed by atoms with Gasteiger partial charge < -0.3 is 5.73 Å². The fourth-order valence-electron chi connectivity index (χ4n) is 2.23. The highest BCUT2D eigenvalue weighted by atomic mass is 32.2. The molecule has 2 N–H and O–H groups in total. The third-order valence-electron chi connectivity index (χ3n) is 3.73. The molecule has 0 saturated carbocycles. The summed E-state index contributed by atoms with van der Waals surface area (Å²) in [6.07, 6.45) is 0.615. The van der Waals surface area contributed by atoms with E-state index in [0.717, 1.165) is 18.2 Å². The minimum atomic E-state index is -3.91. The van der Waals surface area contributed by atoms with Gasteiger partial charge in [-0.15, -0.1) is 0 Å². The number of piperidine rings is 1. The van der Waals surface area contributed by atoms with Crippen LogP contribution in [-0.4, -0.2) is 36.8 Å². The number of hydrogen-bond acceptors (Lipinski definition) is 5. The lowest BCUT2D eigenvalue weighted by Gasteiger charge is -2.34. The fourth-order valence-corrected chi connectivity index (χ4v) is 3.74. The van der Waals surface area contributed by atoms with E-state index in [2.05, 4.69) is 0 Å². The lowest BCUT2D eigenvalue weighted by Crippen LogP contribution is -2.49. The zero-order valence-electron chi connectivity index (χ0n) is 11.4. The predicted molar refractivity (Wildman–Crippen MR) is 73.6 cm³/mol. The first-order valence-electron chi connectivity index (χ1n) is 6.43. The van der Waals surface area contributed by atoms with E-state index < -0.39 is 26.5 Å². The van der Waals surface area contributed by atoms with Crippen molar-refractivity contribution in [2.75, 3.05) is 13.1 Å². The second-order valence-electron chi connectivity index (χ2n) is 5.16. The van der Waals surface area contributed by atoms with E-state index in [1.54, 1.807) is 0 Å². The van der Waals surface area contributed by atoms with Crippen LogP contribution in [0.15, 0.2) is 23.1 Å². The van der Waals surface area contributed by atoms with Crippen molar-refractivity contribution in [3.05, 3.63) is 34.1 Å². The molecule has 0 spiro atoms. The van der Waals surface area contributed by atoms with Crippen LogP contribution in [0, 0.1) is 21.8 Å². The smallest absolute Gasteiger partial charge is 0.306 e. The quantitative estimate of drug-likeness (QED) is 0.663. The number of nitro benzene ring substituents is 1. The maximum Gasteiger partial charge on any atom is 0.306 e. The van der Waals surface area contributed by atoms with Gasteiger partial charge in [-0.25, -0.2) is 8.42 Å². The van der Waals surface area contributed by atoms with Crippen LogP contribution in [0.5, 0.6) is 0 Å². The van der Waals surface area contributed by atoms with Gasteiger partial charge in [0.05, 0.1) is 9.82 Å². The van der Waals surface area contributed by atoms with Crippen molar-refractivity contribution in [1.29, 1.82) is 0 Å². The highest BCUT2D eigenvalue weighted by molar-refractivity contribution is 7.89. The number of nitrogens with zero attached hydrogens (tertiary/aromatic N) is 2. The van der Waals surface area contributed by atoms with E-state index in [1.165, 1.54) is 4.31 Å². The van der Waals surface area contributed by atoms with E-state index in [0.29, 0.717) is 13.0 Å². The molecular formula is C12H16FN3O4S. The van der Waals surface area contributed by atoms with Crippen molar-refractivity contribution in [3.8, 4) is 0 Å². The minimum Gasteiger partial charge on any atom is -0.326 e. The zero-order chi connectivity index (χ0) is 15.8. The van der Waals surface area contributed by atoms with Crippen LogP contribution < -0.4 is 5.73 Å². The molecule has 1 aliphatic heterocycles. The summed E-state index contributed by atoms with van der Waals surface area (Å²) in [5.74, 6) is -0.859. The topological polar surface area (TPSA) is 107 Å². The number of rotatable bonds is 3. The molecular weight excluding hydrogens is 301 g/mol. The number of halogens is 1. The first-order chi connectivity index (χ1) is 9.73. The average molecular weight is 317 g/mol. The summed E-state index contributed by atoms with van der Waals surface area (Å²) in [4.78, 5) is 9.47. The van der Waals surface area contributed by atoms with Gasteiger partial charge >= 0.3 is 5.69 Å². The van der Waals surface area contributed by atoms with E-state index in [1.807, 2.05) is 6.92 Å². The number of hydrogen-bond donors (Lipinski definition) is 1. The van der Waals surface area contributed by atoms with E-state index in [-0.39, 0.29) is 23.4 Å². The molecule has 0 aliphatic carbocycles. The van der Waals surface area contributed by atoms with Crippen LogP contribution in [-0.2, 0) is 10.0 Å². The van der Waals surface area contributed by atoms with Gasteiger partial charge in [0, 0.05) is 25.2 Å². The van der Waals surface area contributed by atoms with Crippen LogP contribution in [0.2, 0.25) is 0 Å². The van der Waals surface area contributed by atoms with E-state index in [9.17, 15) is 22.9 Å². The molecule has 2 unspecified atom stereocenters. The SMILES string of the molecule is CC1CCN(S(=O)(=O)c2ccc(F)c([N+](=O)[O-])c2)CC1N. The molecule has 7 nitrogen and oxygen atoms in total. The van der Waals surface area contributed by atoms with Crippen LogP contribution in [0.3, 0.4) is 0 Å².